The molecule has 8 nitrogen and oxygen atoms in total. The molecule has 2 aromatic carbocycles. The fourth-order valence-corrected chi connectivity index (χ4v) is 2.90. The molecule has 0 fully saturated rings. The van der Waals surface area contributed by atoms with Crippen LogP contribution >= 0.6 is 0 Å². The van der Waals surface area contributed by atoms with E-state index in [-0.39, 0.29) is 11.1 Å². The predicted molar refractivity (Wildman–Crippen MR) is 103 cm³/mol. The van der Waals surface area contributed by atoms with Crippen molar-refractivity contribution in [1.82, 2.24) is 15.8 Å². The normalized spacial score (nSPS) is 10.4. The summed E-state index contributed by atoms with van der Waals surface area (Å²) in [5, 5.41) is 0.645. The second-order valence-corrected chi connectivity index (χ2v) is 5.98. The van der Waals surface area contributed by atoms with Gasteiger partial charge in [0.2, 0.25) is 0 Å². The van der Waals surface area contributed by atoms with Crippen molar-refractivity contribution >= 4 is 28.5 Å². The number of methoxy groups -OCH3 is 2. The maximum atomic E-state index is 12.6. The van der Waals surface area contributed by atoms with Gasteiger partial charge in [0, 0.05) is 22.2 Å². The Balaban J connectivity index is 1.72. The molecule has 3 aromatic rings. The molecule has 8 heteroatoms. The van der Waals surface area contributed by atoms with Gasteiger partial charge in [-0.05, 0) is 31.2 Å². The zero-order valence-electron chi connectivity index (χ0n) is 15.6. The fourth-order valence-electron chi connectivity index (χ4n) is 2.90. The van der Waals surface area contributed by atoms with Gasteiger partial charge in [0.15, 0.2) is 11.5 Å². The summed E-state index contributed by atoms with van der Waals surface area (Å²) in [5.74, 6) is -1.46. The summed E-state index contributed by atoms with van der Waals surface area (Å²) in [6, 6.07) is 11.7. The molecule has 3 rings (SSSR count). The second kappa shape index (κ2) is 7.83. The number of ketones is 1. The number of para-hydroxylation sites is 1. The van der Waals surface area contributed by atoms with Crippen LogP contribution < -0.4 is 20.3 Å². The topological polar surface area (TPSA) is 110 Å². The summed E-state index contributed by atoms with van der Waals surface area (Å²) in [7, 11) is 2.93. The van der Waals surface area contributed by atoms with Crippen LogP contribution in [0.2, 0.25) is 0 Å². The number of carbonyl (C=O) groups excluding carboxylic acids is 3. The Kier molecular flexibility index (Phi) is 5.30. The van der Waals surface area contributed by atoms with Gasteiger partial charge in [-0.1, -0.05) is 18.2 Å². The first kappa shape index (κ1) is 19.0. The summed E-state index contributed by atoms with van der Waals surface area (Å²) in [5.41, 5.74) is 6.22. The lowest BCUT2D eigenvalue weighted by molar-refractivity contribution is -0.117. The van der Waals surface area contributed by atoms with E-state index in [2.05, 4.69) is 15.8 Å². The standard InChI is InChI=1S/C20H19N3O5/c1-11-17(13-6-4-5-7-14(13)21-11)18(24)20(26)23-22-19(25)12-8-9-15(27-2)16(10-12)28-3/h4-10,21H,1-3H3,(H,22,25)(H,23,26). The summed E-state index contributed by atoms with van der Waals surface area (Å²) < 4.78 is 10.3. The van der Waals surface area contributed by atoms with Gasteiger partial charge in [0.05, 0.1) is 19.8 Å². The van der Waals surface area contributed by atoms with Gasteiger partial charge in [0.25, 0.3) is 11.7 Å². The minimum absolute atomic E-state index is 0.230. The Labute approximate surface area is 160 Å². The van der Waals surface area contributed by atoms with Crippen molar-refractivity contribution in [2.45, 2.75) is 6.92 Å². The number of aromatic nitrogens is 1. The molecule has 28 heavy (non-hydrogen) atoms. The molecule has 1 aromatic heterocycles. The van der Waals surface area contributed by atoms with Crippen molar-refractivity contribution < 1.29 is 23.9 Å². The highest BCUT2D eigenvalue weighted by Crippen LogP contribution is 2.27. The number of Topliss-reactive ketones (excluding diaryl/α,β-unsaturated/α-hetero) is 1. The van der Waals surface area contributed by atoms with Crippen LogP contribution in [0.5, 0.6) is 11.5 Å². The van der Waals surface area contributed by atoms with Crippen LogP contribution in [0.4, 0.5) is 0 Å². The number of hydrogen-bond donors (Lipinski definition) is 3. The highest BCUT2D eigenvalue weighted by molar-refractivity contribution is 6.45. The van der Waals surface area contributed by atoms with Crippen molar-refractivity contribution in [3.8, 4) is 11.5 Å². The zero-order valence-corrected chi connectivity index (χ0v) is 15.6. The molecule has 0 aliphatic heterocycles. The number of ether oxygens (including phenoxy) is 2. The van der Waals surface area contributed by atoms with Gasteiger partial charge in [-0.25, -0.2) is 0 Å². The molecule has 0 atom stereocenters. The summed E-state index contributed by atoms with van der Waals surface area (Å²) in [4.78, 5) is 40.1. The lowest BCUT2D eigenvalue weighted by atomic mass is 10.1. The van der Waals surface area contributed by atoms with Crippen LogP contribution in [0.3, 0.4) is 0 Å². The molecule has 0 aliphatic rings. The Morgan fingerprint density at radius 2 is 1.64 bits per heavy atom. The monoisotopic (exact) mass is 381 g/mol. The molecule has 0 unspecified atom stereocenters. The Hall–Kier alpha value is -3.81. The van der Waals surface area contributed by atoms with Gasteiger partial charge < -0.3 is 14.5 Å². The van der Waals surface area contributed by atoms with Crippen LogP contribution in [-0.4, -0.2) is 36.8 Å². The van der Waals surface area contributed by atoms with Crippen molar-refractivity contribution in [1.29, 1.82) is 0 Å². The molecule has 0 spiro atoms. The number of hydrogen-bond acceptors (Lipinski definition) is 5. The quantitative estimate of drug-likeness (QED) is 0.356. The van der Waals surface area contributed by atoms with E-state index in [1.807, 2.05) is 12.1 Å². The lowest BCUT2D eigenvalue weighted by Crippen LogP contribution is -2.45. The lowest BCUT2D eigenvalue weighted by Gasteiger charge is -2.10. The molecule has 3 N–H and O–H groups in total. The highest BCUT2D eigenvalue weighted by atomic mass is 16.5. The molecule has 144 valence electrons. The minimum Gasteiger partial charge on any atom is -0.493 e. The van der Waals surface area contributed by atoms with E-state index in [1.165, 1.54) is 26.4 Å². The summed E-state index contributed by atoms with van der Waals surface area (Å²) in [6.07, 6.45) is 0. The smallest absolute Gasteiger partial charge is 0.310 e. The highest BCUT2D eigenvalue weighted by Gasteiger charge is 2.23. The van der Waals surface area contributed by atoms with Gasteiger partial charge in [-0.2, -0.15) is 0 Å². The fraction of sp³-hybridized carbons (Fsp3) is 0.150. The van der Waals surface area contributed by atoms with Crippen LogP contribution in [0.25, 0.3) is 10.9 Å². The number of amides is 2. The van der Waals surface area contributed by atoms with Crippen LogP contribution in [-0.2, 0) is 4.79 Å². The number of aryl methyl sites for hydroxylation is 1. The number of carbonyl (C=O) groups is 3. The molecular weight excluding hydrogens is 362 g/mol. The van der Waals surface area contributed by atoms with Crippen molar-refractivity contribution in [3.05, 3.63) is 59.3 Å². The van der Waals surface area contributed by atoms with Crippen LogP contribution in [0.15, 0.2) is 42.5 Å². The average molecular weight is 381 g/mol. The first-order chi connectivity index (χ1) is 13.5. The Morgan fingerprint density at radius 1 is 0.929 bits per heavy atom. The summed E-state index contributed by atoms with van der Waals surface area (Å²) in [6.45, 7) is 1.71. The van der Waals surface area contributed by atoms with Crippen LogP contribution in [0.1, 0.15) is 26.4 Å². The minimum atomic E-state index is -0.943. The van der Waals surface area contributed by atoms with Gasteiger partial charge >= 0.3 is 5.91 Å². The number of aromatic amines is 1. The van der Waals surface area contributed by atoms with E-state index in [0.717, 1.165) is 5.52 Å². The average Bonchev–Trinajstić information content (AvgIpc) is 3.06. The number of fused-ring (bicyclic) bond motifs is 1. The third-order valence-corrected chi connectivity index (χ3v) is 4.26. The molecule has 1 heterocycles. The van der Waals surface area contributed by atoms with Gasteiger partial charge in [0.1, 0.15) is 0 Å². The number of rotatable bonds is 5. The molecule has 0 saturated carbocycles. The second-order valence-electron chi connectivity index (χ2n) is 5.98. The van der Waals surface area contributed by atoms with Gasteiger partial charge in [-0.3, -0.25) is 25.2 Å². The Bertz CT molecular complexity index is 1070. The third-order valence-electron chi connectivity index (χ3n) is 4.26. The van der Waals surface area contributed by atoms with Crippen molar-refractivity contribution in [3.63, 3.8) is 0 Å². The number of benzene rings is 2. The van der Waals surface area contributed by atoms with E-state index in [4.69, 9.17) is 9.47 Å². The predicted octanol–water partition coefficient (Wildman–Crippen LogP) is 2.14. The number of nitrogens with one attached hydrogen (secondary N) is 3. The molecular formula is C20H19N3O5. The Morgan fingerprint density at radius 3 is 2.36 bits per heavy atom. The number of hydrazine groups is 1. The van der Waals surface area contributed by atoms with Crippen molar-refractivity contribution in [2.75, 3.05) is 14.2 Å². The molecule has 0 saturated heterocycles. The first-order valence-corrected chi connectivity index (χ1v) is 8.40. The maximum Gasteiger partial charge on any atom is 0.310 e. The first-order valence-electron chi connectivity index (χ1n) is 8.40. The molecule has 0 radical (unpaired) electrons. The molecule has 0 bridgehead atoms. The van der Waals surface area contributed by atoms with E-state index >= 15 is 0 Å². The van der Waals surface area contributed by atoms with E-state index in [0.29, 0.717) is 22.6 Å². The zero-order chi connectivity index (χ0) is 20.3. The van der Waals surface area contributed by atoms with Crippen LogP contribution in [0, 0.1) is 6.92 Å². The van der Waals surface area contributed by atoms with E-state index in [9.17, 15) is 14.4 Å². The van der Waals surface area contributed by atoms with Gasteiger partial charge in [-0.15, -0.1) is 0 Å². The number of H-pyrrole nitrogens is 1. The van der Waals surface area contributed by atoms with E-state index in [1.54, 1.807) is 25.1 Å². The molecule has 0 aliphatic carbocycles. The summed E-state index contributed by atoms with van der Waals surface area (Å²) >= 11 is 0. The largest absolute Gasteiger partial charge is 0.493 e. The third kappa shape index (κ3) is 3.52. The molecule has 2 amide bonds. The van der Waals surface area contributed by atoms with Crippen molar-refractivity contribution in [2.24, 2.45) is 0 Å². The van der Waals surface area contributed by atoms with E-state index < -0.39 is 17.6 Å². The SMILES string of the molecule is COc1ccc(C(=O)NNC(=O)C(=O)c2c(C)[nH]c3ccccc23)cc1OC. The maximum absolute atomic E-state index is 12.6.